The molecule has 0 spiro atoms. The average molecular weight is 342 g/mol. The molecule has 2 heterocycles. The van der Waals surface area contributed by atoms with Crippen LogP contribution in [-0.2, 0) is 11.3 Å². The van der Waals surface area contributed by atoms with E-state index in [2.05, 4.69) is 4.98 Å². The van der Waals surface area contributed by atoms with Gasteiger partial charge in [-0.25, -0.2) is 4.98 Å². The predicted octanol–water partition coefficient (Wildman–Crippen LogP) is 1.49. The Morgan fingerprint density at radius 3 is 2.72 bits per heavy atom. The lowest BCUT2D eigenvalue weighted by atomic mass is 10.1. The number of hydrogen-bond acceptors (Lipinski definition) is 6. The molecule has 1 aliphatic rings. The molecule has 0 atom stereocenters. The number of nitrogens with one attached hydrogen (secondary N) is 1. The number of rotatable bonds is 4. The van der Waals surface area contributed by atoms with Crippen molar-refractivity contribution in [2.45, 2.75) is 6.61 Å². The van der Waals surface area contributed by atoms with Gasteiger partial charge in [0, 0.05) is 24.2 Å². The summed E-state index contributed by atoms with van der Waals surface area (Å²) >= 11 is 0. The number of aliphatic hydroxyl groups excluding tert-OH is 1. The maximum Gasteiger partial charge on any atom is 0.135 e. The maximum atomic E-state index is 9.47. The number of amidine groups is 1. The normalized spacial score (nSPS) is 14.4. The van der Waals surface area contributed by atoms with Crippen LogP contribution in [-0.4, -0.2) is 54.2 Å². The van der Waals surface area contributed by atoms with Gasteiger partial charge in [0.2, 0.25) is 0 Å². The van der Waals surface area contributed by atoms with Gasteiger partial charge in [0.15, 0.2) is 0 Å². The maximum absolute atomic E-state index is 9.47. The molecule has 25 heavy (non-hydrogen) atoms. The molecule has 7 nitrogen and oxygen atoms in total. The molecule has 0 aliphatic carbocycles. The molecule has 1 aromatic carbocycles. The molecule has 3 rings (SSSR count). The fourth-order valence-corrected chi connectivity index (χ4v) is 2.85. The molecule has 0 unspecified atom stereocenters. The van der Waals surface area contributed by atoms with Crippen LogP contribution in [0.4, 0.5) is 5.82 Å². The summed E-state index contributed by atoms with van der Waals surface area (Å²) in [4.78, 5) is 6.39. The van der Waals surface area contributed by atoms with E-state index in [0.29, 0.717) is 60.5 Å². The third-order valence-electron chi connectivity index (χ3n) is 4.25. The highest BCUT2D eigenvalue weighted by molar-refractivity contribution is 6.00. The van der Waals surface area contributed by atoms with E-state index in [9.17, 15) is 5.11 Å². The number of ether oxygens (including phenoxy) is 2. The Hall–Kier alpha value is -2.64. The highest BCUT2D eigenvalue weighted by Crippen LogP contribution is 2.27. The van der Waals surface area contributed by atoms with Gasteiger partial charge in [0.05, 0.1) is 38.2 Å². The minimum Gasteiger partial charge on any atom is -0.496 e. The minimum atomic E-state index is -0.119. The van der Waals surface area contributed by atoms with Crippen LogP contribution in [0.25, 0.3) is 11.3 Å². The highest BCUT2D eigenvalue weighted by Gasteiger charge is 2.18. The summed E-state index contributed by atoms with van der Waals surface area (Å²) in [6, 6.07) is 9.14. The molecule has 0 radical (unpaired) electrons. The number of anilines is 1. The van der Waals surface area contributed by atoms with Crippen molar-refractivity contribution in [1.29, 1.82) is 5.41 Å². The molecule has 7 heteroatoms. The molecule has 4 N–H and O–H groups in total. The molecule has 0 saturated carbocycles. The molecule has 0 amide bonds. The highest BCUT2D eigenvalue weighted by atomic mass is 16.5. The number of nitrogen functional groups attached to an aromatic ring is 1. The van der Waals surface area contributed by atoms with Crippen molar-refractivity contribution >= 4 is 11.7 Å². The number of morpholine rings is 1. The number of nitrogens with zero attached hydrogens (tertiary/aromatic N) is 2. The van der Waals surface area contributed by atoms with Crippen molar-refractivity contribution in [3.05, 3.63) is 41.5 Å². The summed E-state index contributed by atoms with van der Waals surface area (Å²) in [7, 11) is 1.57. The number of methoxy groups -OCH3 is 1. The van der Waals surface area contributed by atoms with E-state index >= 15 is 0 Å². The smallest absolute Gasteiger partial charge is 0.135 e. The fraction of sp³-hybridized carbons (Fsp3) is 0.333. The fourth-order valence-electron chi connectivity index (χ4n) is 2.85. The topological polar surface area (TPSA) is 105 Å². The molecule has 1 aromatic heterocycles. The second kappa shape index (κ2) is 7.50. The Balaban J connectivity index is 1.88. The van der Waals surface area contributed by atoms with Gasteiger partial charge >= 0.3 is 0 Å². The standard InChI is InChI=1S/C18H22N4O3/c1-24-16-5-2-12(10-13(16)11-23)15-4-3-14(17(19)21-15)18(20)22-6-8-25-9-7-22/h2-5,10,20,23H,6-9,11H2,1H3,(H2,19,21). The van der Waals surface area contributed by atoms with Gasteiger partial charge in [-0.05, 0) is 30.3 Å². The molecule has 1 saturated heterocycles. The summed E-state index contributed by atoms with van der Waals surface area (Å²) < 4.78 is 10.5. The number of aliphatic hydroxyl groups is 1. The summed E-state index contributed by atoms with van der Waals surface area (Å²) in [5.41, 5.74) is 8.93. The molecule has 1 fully saturated rings. The molecule has 0 bridgehead atoms. The van der Waals surface area contributed by atoms with Crippen molar-refractivity contribution in [3.8, 4) is 17.0 Å². The van der Waals surface area contributed by atoms with E-state index in [1.54, 1.807) is 13.2 Å². The SMILES string of the molecule is COc1ccc(-c2ccc(C(=N)N3CCOCC3)c(N)n2)cc1CO. The molecule has 1 aliphatic heterocycles. The third-order valence-corrected chi connectivity index (χ3v) is 4.25. The first-order chi connectivity index (χ1) is 12.1. The van der Waals surface area contributed by atoms with Crippen LogP contribution in [0.15, 0.2) is 30.3 Å². The summed E-state index contributed by atoms with van der Waals surface area (Å²) in [6.45, 7) is 2.47. The first-order valence-corrected chi connectivity index (χ1v) is 8.10. The summed E-state index contributed by atoms with van der Waals surface area (Å²) in [5.74, 6) is 1.31. The minimum absolute atomic E-state index is 0.119. The zero-order chi connectivity index (χ0) is 17.8. The zero-order valence-corrected chi connectivity index (χ0v) is 14.2. The van der Waals surface area contributed by atoms with Crippen LogP contribution in [0.5, 0.6) is 5.75 Å². The second-order valence-electron chi connectivity index (χ2n) is 5.76. The van der Waals surface area contributed by atoms with E-state index in [4.69, 9.17) is 20.6 Å². The monoisotopic (exact) mass is 342 g/mol. The average Bonchev–Trinajstić information content (AvgIpc) is 2.67. The zero-order valence-electron chi connectivity index (χ0n) is 14.2. The van der Waals surface area contributed by atoms with Gasteiger partial charge in [-0.3, -0.25) is 5.41 Å². The Morgan fingerprint density at radius 1 is 1.32 bits per heavy atom. The van der Waals surface area contributed by atoms with Crippen molar-refractivity contribution < 1.29 is 14.6 Å². The van der Waals surface area contributed by atoms with Crippen molar-refractivity contribution in [1.82, 2.24) is 9.88 Å². The lowest BCUT2D eigenvalue weighted by molar-refractivity contribution is 0.0680. The Bertz CT molecular complexity index is 773. The number of pyridine rings is 1. The Morgan fingerprint density at radius 2 is 2.08 bits per heavy atom. The van der Waals surface area contributed by atoms with Gasteiger partial charge in [0.25, 0.3) is 0 Å². The van der Waals surface area contributed by atoms with E-state index < -0.39 is 0 Å². The number of nitrogens with two attached hydrogens (primary N) is 1. The van der Waals surface area contributed by atoms with Crippen LogP contribution in [0, 0.1) is 5.41 Å². The van der Waals surface area contributed by atoms with Crippen molar-refractivity contribution in [2.75, 3.05) is 39.1 Å². The van der Waals surface area contributed by atoms with Crippen molar-refractivity contribution in [3.63, 3.8) is 0 Å². The van der Waals surface area contributed by atoms with Gasteiger partial charge in [0.1, 0.15) is 17.4 Å². The summed E-state index contributed by atoms with van der Waals surface area (Å²) in [5, 5.41) is 17.8. The van der Waals surface area contributed by atoms with E-state index in [0.717, 1.165) is 5.56 Å². The molecular formula is C18H22N4O3. The van der Waals surface area contributed by atoms with Crippen LogP contribution in [0.2, 0.25) is 0 Å². The van der Waals surface area contributed by atoms with E-state index in [-0.39, 0.29) is 6.61 Å². The Kier molecular flexibility index (Phi) is 5.16. The third kappa shape index (κ3) is 3.57. The van der Waals surface area contributed by atoms with Crippen LogP contribution < -0.4 is 10.5 Å². The Labute approximate surface area is 146 Å². The number of aromatic nitrogens is 1. The predicted molar refractivity (Wildman–Crippen MR) is 95.8 cm³/mol. The lowest BCUT2D eigenvalue weighted by Crippen LogP contribution is -2.41. The number of hydrogen-bond donors (Lipinski definition) is 3. The van der Waals surface area contributed by atoms with Crippen LogP contribution in [0.1, 0.15) is 11.1 Å². The first-order valence-electron chi connectivity index (χ1n) is 8.10. The molecule has 132 valence electrons. The van der Waals surface area contributed by atoms with Crippen LogP contribution in [0.3, 0.4) is 0 Å². The van der Waals surface area contributed by atoms with Gasteiger partial charge in [-0.2, -0.15) is 0 Å². The lowest BCUT2D eigenvalue weighted by Gasteiger charge is -2.29. The second-order valence-corrected chi connectivity index (χ2v) is 5.76. The van der Waals surface area contributed by atoms with E-state index in [1.807, 2.05) is 29.2 Å². The van der Waals surface area contributed by atoms with E-state index in [1.165, 1.54) is 0 Å². The first kappa shape index (κ1) is 17.2. The quantitative estimate of drug-likeness (QED) is 0.574. The summed E-state index contributed by atoms with van der Waals surface area (Å²) in [6.07, 6.45) is 0. The van der Waals surface area contributed by atoms with Gasteiger partial charge < -0.3 is 25.2 Å². The van der Waals surface area contributed by atoms with Gasteiger partial charge in [-0.1, -0.05) is 0 Å². The number of benzene rings is 1. The van der Waals surface area contributed by atoms with Gasteiger partial charge in [-0.15, -0.1) is 0 Å². The molecule has 2 aromatic rings. The van der Waals surface area contributed by atoms with Crippen LogP contribution >= 0.6 is 0 Å². The largest absolute Gasteiger partial charge is 0.496 e. The van der Waals surface area contributed by atoms with Crippen molar-refractivity contribution in [2.24, 2.45) is 0 Å². The molecular weight excluding hydrogens is 320 g/mol.